The normalized spacial score (nSPS) is 18.7. The van der Waals surface area contributed by atoms with E-state index < -0.39 is 0 Å². The maximum absolute atomic E-state index is 13.9. The number of likely N-dealkylation sites (tertiary alicyclic amines) is 1. The third-order valence-electron chi connectivity index (χ3n) is 7.42. The first-order valence-corrected chi connectivity index (χ1v) is 12.7. The van der Waals surface area contributed by atoms with Crippen LogP contribution < -0.4 is 5.32 Å². The lowest BCUT2D eigenvalue weighted by molar-refractivity contribution is -0.123. The zero-order chi connectivity index (χ0) is 24.4. The van der Waals surface area contributed by atoms with Crippen molar-refractivity contribution in [1.29, 1.82) is 0 Å². The Kier molecular flexibility index (Phi) is 6.66. The van der Waals surface area contributed by atoms with E-state index in [4.69, 9.17) is 0 Å². The number of nitrogens with zero attached hydrogens (tertiary/aromatic N) is 3. The van der Waals surface area contributed by atoms with Gasteiger partial charge in [-0.25, -0.2) is 4.98 Å². The molecule has 2 aliphatic rings. The Morgan fingerprint density at radius 2 is 1.80 bits per heavy atom. The van der Waals surface area contributed by atoms with Gasteiger partial charge < -0.3 is 14.8 Å². The lowest BCUT2D eigenvalue weighted by Crippen LogP contribution is -2.42. The molecule has 1 aromatic heterocycles. The van der Waals surface area contributed by atoms with Crippen LogP contribution in [0.25, 0.3) is 11.0 Å². The zero-order valence-corrected chi connectivity index (χ0v) is 20.2. The summed E-state index contributed by atoms with van der Waals surface area (Å²) in [6.45, 7) is 2.96. The molecule has 1 unspecified atom stereocenters. The predicted octanol–water partition coefficient (Wildman–Crippen LogP) is 5.24. The molecule has 1 saturated carbocycles. The number of piperidine rings is 1. The summed E-state index contributed by atoms with van der Waals surface area (Å²) >= 11 is 0. The van der Waals surface area contributed by atoms with Gasteiger partial charge in [0.1, 0.15) is 5.78 Å². The maximum atomic E-state index is 13.9. The number of imidazole rings is 1. The summed E-state index contributed by atoms with van der Waals surface area (Å²) in [6.07, 6.45) is 8.46. The first-order valence-electron chi connectivity index (χ1n) is 12.7. The monoisotopic (exact) mass is 472 g/mol. The minimum absolute atomic E-state index is 0.0980. The standard InChI is InChI=1S/C28H32N4O3/c1-2-25(33)20-11-8-14-31(17-20)28(35)23-15-21(30-27(34)19-9-4-3-5-10-19)16-24-26(23)32(18-29-24)22-12-6-7-13-22/h3-5,9-10,15-16,18,20,22H,2,6-8,11-14,17H2,1H3,(H,30,34). The molecule has 5 rings (SSSR count). The van der Waals surface area contributed by atoms with Crippen LogP contribution in [0.2, 0.25) is 0 Å². The predicted molar refractivity (Wildman–Crippen MR) is 136 cm³/mol. The van der Waals surface area contributed by atoms with E-state index in [9.17, 15) is 14.4 Å². The molecule has 2 amide bonds. The van der Waals surface area contributed by atoms with Crippen molar-refractivity contribution in [2.24, 2.45) is 5.92 Å². The molecule has 182 valence electrons. The fourth-order valence-corrected chi connectivity index (χ4v) is 5.54. The number of ketones is 1. The van der Waals surface area contributed by atoms with E-state index in [-0.39, 0.29) is 23.5 Å². The van der Waals surface area contributed by atoms with Gasteiger partial charge in [0, 0.05) is 42.7 Å². The number of fused-ring (bicyclic) bond motifs is 1. The summed E-state index contributed by atoms with van der Waals surface area (Å²) in [7, 11) is 0. The number of amides is 2. The lowest BCUT2D eigenvalue weighted by atomic mass is 9.92. The highest BCUT2D eigenvalue weighted by Gasteiger charge is 2.30. The molecule has 0 radical (unpaired) electrons. The highest BCUT2D eigenvalue weighted by atomic mass is 16.2. The van der Waals surface area contributed by atoms with Crippen LogP contribution in [0.5, 0.6) is 0 Å². The molecule has 1 N–H and O–H groups in total. The molecular weight excluding hydrogens is 440 g/mol. The molecule has 35 heavy (non-hydrogen) atoms. The van der Waals surface area contributed by atoms with Crippen LogP contribution in [0, 0.1) is 5.92 Å². The van der Waals surface area contributed by atoms with E-state index in [0.29, 0.717) is 47.9 Å². The Morgan fingerprint density at radius 1 is 1.03 bits per heavy atom. The van der Waals surface area contributed by atoms with Gasteiger partial charge in [-0.3, -0.25) is 14.4 Å². The Morgan fingerprint density at radius 3 is 2.54 bits per heavy atom. The third-order valence-corrected chi connectivity index (χ3v) is 7.42. The van der Waals surface area contributed by atoms with E-state index in [1.54, 1.807) is 18.2 Å². The number of carbonyl (C=O) groups excluding carboxylic acids is 3. The van der Waals surface area contributed by atoms with Crippen LogP contribution in [-0.2, 0) is 4.79 Å². The fraction of sp³-hybridized carbons (Fsp3) is 0.429. The van der Waals surface area contributed by atoms with Gasteiger partial charge >= 0.3 is 0 Å². The molecule has 0 spiro atoms. The molecule has 1 aliphatic carbocycles. The smallest absolute Gasteiger partial charge is 0.256 e. The molecule has 1 atom stereocenters. The van der Waals surface area contributed by atoms with Crippen LogP contribution in [0.15, 0.2) is 48.8 Å². The van der Waals surface area contributed by atoms with Gasteiger partial charge in [-0.15, -0.1) is 0 Å². The van der Waals surface area contributed by atoms with Crippen molar-refractivity contribution in [2.75, 3.05) is 18.4 Å². The van der Waals surface area contributed by atoms with Gasteiger partial charge in [0.05, 0.1) is 22.9 Å². The minimum Gasteiger partial charge on any atom is -0.338 e. The van der Waals surface area contributed by atoms with Crippen LogP contribution in [-0.4, -0.2) is 45.1 Å². The molecule has 2 aromatic carbocycles. The highest BCUT2D eigenvalue weighted by Crippen LogP contribution is 2.35. The van der Waals surface area contributed by atoms with Crippen molar-refractivity contribution in [3.05, 3.63) is 59.9 Å². The van der Waals surface area contributed by atoms with Crippen LogP contribution in [0.3, 0.4) is 0 Å². The molecule has 1 saturated heterocycles. The Bertz CT molecular complexity index is 1240. The molecule has 7 nitrogen and oxygen atoms in total. The van der Waals surface area contributed by atoms with Gasteiger partial charge in [-0.05, 0) is 49.9 Å². The van der Waals surface area contributed by atoms with Gasteiger partial charge in [0.15, 0.2) is 0 Å². The zero-order valence-electron chi connectivity index (χ0n) is 20.2. The second kappa shape index (κ2) is 10.0. The van der Waals surface area contributed by atoms with E-state index in [0.717, 1.165) is 31.2 Å². The molecular formula is C28H32N4O3. The van der Waals surface area contributed by atoms with Crippen molar-refractivity contribution < 1.29 is 14.4 Å². The number of nitrogens with one attached hydrogen (secondary N) is 1. The Labute approximate surface area is 205 Å². The van der Waals surface area contributed by atoms with E-state index in [1.807, 2.05) is 42.4 Å². The van der Waals surface area contributed by atoms with Crippen molar-refractivity contribution in [3.8, 4) is 0 Å². The number of hydrogen-bond acceptors (Lipinski definition) is 4. The summed E-state index contributed by atoms with van der Waals surface area (Å²) in [4.78, 5) is 45.6. The van der Waals surface area contributed by atoms with Crippen molar-refractivity contribution in [1.82, 2.24) is 14.5 Å². The molecule has 3 aromatic rings. The lowest BCUT2D eigenvalue weighted by Gasteiger charge is -2.32. The van der Waals surface area contributed by atoms with Crippen LogP contribution >= 0.6 is 0 Å². The fourth-order valence-electron chi connectivity index (χ4n) is 5.54. The quantitative estimate of drug-likeness (QED) is 0.532. The van der Waals surface area contributed by atoms with Crippen molar-refractivity contribution in [3.63, 3.8) is 0 Å². The first kappa shape index (κ1) is 23.3. The summed E-state index contributed by atoms with van der Waals surface area (Å²) in [5.74, 6) is -0.217. The first-order chi connectivity index (χ1) is 17.0. The van der Waals surface area contributed by atoms with Gasteiger partial charge in [-0.2, -0.15) is 0 Å². The number of rotatable bonds is 6. The molecule has 2 heterocycles. The second-order valence-corrected chi connectivity index (χ2v) is 9.71. The van der Waals surface area contributed by atoms with Crippen molar-refractivity contribution >= 4 is 34.3 Å². The minimum atomic E-state index is -0.231. The summed E-state index contributed by atoms with van der Waals surface area (Å²) in [5.41, 5.74) is 3.16. The maximum Gasteiger partial charge on any atom is 0.256 e. The van der Waals surface area contributed by atoms with Crippen molar-refractivity contribution in [2.45, 2.75) is 57.9 Å². The van der Waals surface area contributed by atoms with Gasteiger partial charge in [0.25, 0.3) is 11.8 Å². The average molecular weight is 473 g/mol. The molecule has 0 bridgehead atoms. The SMILES string of the molecule is CCC(=O)C1CCCN(C(=O)c2cc(NC(=O)c3ccccc3)cc3ncn(C4CCCC4)c23)C1. The summed E-state index contributed by atoms with van der Waals surface area (Å²) in [6, 6.07) is 13.0. The van der Waals surface area contributed by atoms with Gasteiger partial charge in [-0.1, -0.05) is 38.0 Å². The van der Waals surface area contributed by atoms with E-state index >= 15 is 0 Å². The van der Waals surface area contributed by atoms with Crippen LogP contribution in [0.1, 0.15) is 78.6 Å². The number of Topliss-reactive ketones (excluding diaryl/α,β-unsaturated/α-hetero) is 1. The Balaban J connectivity index is 1.52. The third kappa shape index (κ3) is 4.72. The summed E-state index contributed by atoms with van der Waals surface area (Å²) < 4.78 is 2.15. The largest absolute Gasteiger partial charge is 0.338 e. The molecule has 2 fully saturated rings. The van der Waals surface area contributed by atoms with Gasteiger partial charge in [0.2, 0.25) is 0 Å². The van der Waals surface area contributed by atoms with Crippen LogP contribution in [0.4, 0.5) is 5.69 Å². The average Bonchev–Trinajstić information content (AvgIpc) is 3.58. The number of hydrogen-bond donors (Lipinski definition) is 1. The number of benzene rings is 2. The highest BCUT2D eigenvalue weighted by molar-refractivity contribution is 6.10. The Hall–Kier alpha value is -3.48. The molecule has 1 aliphatic heterocycles. The number of anilines is 1. The number of aromatic nitrogens is 2. The molecule has 7 heteroatoms. The van der Waals surface area contributed by atoms with E-state index in [2.05, 4.69) is 14.9 Å². The number of carbonyl (C=O) groups is 3. The second-order valence-electron chi connectivity index (χ2n) is 9.71. The summed E-state index contributed by atoms with van der Waals surface area (Å²) in [5, 5.41) is 2.95. The topological polar surface area (TPSA) is 84.3 Å². The van der Waals surface area contributed by atoms with E-state index in [1.165, 1.54) is 12.8 Å².